The van der Waals surface area contributed by atoms with Crippen LogP contribution in [0.15, 0.2) is 78.9 Å². The van der Waals surface area contributed by atoms with Crippen molar-refractivity contribution in [2.24, 2.45) is 0 Å². The largest absolute Gasteiger partial charge is 0.497 e. The van der Waals surface area contributed by atoms with E-state index in [1.807, 2.05) is 60.7 Å². The summed E-state index contributed by atoms with van der Waals surface area (Å²) in [6, 6.07) is 24.4. The number of nitrogens with zero attached hydrogens (tertiary/aromatic N) is 1. The topological polar surface area (TPSA) is 134 Å². The van der Waals surface area contributed by atoms with Gasteiger partial charge in [0.15, 0.2) is 0 Å². The number of carbonyl (C=O) groups excluding carboxylic acids is 2. The lowest BCUT2D eigenvalue weighted by Gasteiger charge is -2.08. The van der Waals surface area contributed by atoms with Crippen LogP contribution in [0, 0.1) is 0 Å². The van der Waals surface area contributed by atoms with E-state index in [1.165, 1.54) is 0 Å². The number of carbonyl (C=O) groups is 2. The maximum absolute atomic E-state index is 12.5. The minimum Gasteiger partial charge on any atom is -0.497 e. The van der Waals surface area contributed by atoms with E-state index in [9.17, 15) is 9.59 Å². The Balaban J connectivity index is 1.17. The van der Waals surface area contributed by atoms with Crippen LogP contribution in [0.25, 0.3) is 11.3 Å². The van der Waals surface area contributed by atoms with Gasteiger partial charge in [-0.25, -0.2) is 0 Å². The van der Waals surface area contributed by atoms with Gasteiger partial charge in [-0.2, -0.15) is 5.10 Å². The standard InChI is InChI=1S/C29H32N6O3/c1-38-23-16-14-22(15-17-23)32-21-12-10-20(11-13-21)26-19-27(35-34-26)29(37)31-18-6-2-3-9-28(36)33-25-8-5-4-7-24(25)30/h4-5,7-8,10-17,19,32H,2-3,6,9,18,30H2,1H3,(H,31,37)(H,33,36)(H,34,35). The van der Waals surface area contributed by atoms with Crippen LogP contribution >= 0.6 is 0 Å². The van der Waals surface area contributed by atoms with Crippen LogP contribution in [0.5, 0.6) is 5.75 Å². The number of para-hydroxylation sites is 2. The first-order valence-electron chi connectivity index (χ1n) is 12.5. The van der Waals surface area contributed by atoms with Crippen LogP contribution in [0.4, 0.5) is 22.7 Å². The summed E-state index contributed by atoms with van der Waals surface area (Å²) in [6.07, 6.45) is 2.73. The van der Waals surface area contributed by atoms with Crippen LogP contribution in [-0.2, 0) is 4.79 Å². The van der Waals surface area contributed by atoms with Crippen molar-refractivity contribution < 1.29 is 14.3 Å². The lowest BCUT2D eigenvalue weighted by atomic mass is 10.1. The van der Waals surface area contributed by atoms with E-state index in [1.54, 1.807) is 25.3 Å². The quantitative estimate of drug-likeness (QED) is 0.128. The molecule has 6 N–H and O–H groups in total. The normalized spacial score (nSPS) is 10.6. The number of hydrogen-bond donors (Lipinski definition) is 5. The van der Waals surface area contributed by atoms with Gasteiger partial charge in [0.1, 0.15) is 11.4 Å². The molecule has 4 rings (SSSR count). The highest BCUT2D eigenvalue weighted by Gasteiger charge is 2.11. The summed E-state index contributed by atoms with van der Waals surface area (Å²) in [5.41, 5.74) is 10.9. The van der Waals surface area contributed by atoms with Crippen LogP contribution in [-0.4, -0.2) is 35.7 Å². The number of methoxy groups -OCH3 is 1. The zero-order valence-corrected chi connectivity index (χ0v) is 21.3. The summed E-state index contributed by atoms with van der Waals surface area (Å²) in [5, 5.41) is 16.2. The van der Waals surface area contributed by atoms with Gasteiger partial charge < -0.3 is 26.4 Å². The van der Waals surface area contributed by atoms with E-state index in [0.717, 1.165) is 42.0 Å². The highest BCUT2D eigenvalue weighted by molar-refractivity contribution is 5.94. The number of aromatic nitrogens is 2. The Morgan fingerprint density at radius 1 is 0.921 bits per heavy atom. The fourth-order valence-corrected chi connectivity index (χ4v) is 3.86. The molecule has 0 aliphatic carbocycles. The van der Waals surface area contributed by atoms with E-state index in [-0.39, 0.29) is 11.8 Å². The summed E-state index contributed by atoms with van der Waals surface area (Å²) in [7, 11) is 1.64. The fraction of sp³-hybridized carbons (Fsp3) is 0.207. The number of benzene rings is 3. The molecule has 0 unspecified atom stereocenters. The maximum atomic E-state index is 12.5. The van der Waals surface area contributed by atoms with Gasteiger partial charge in [-0.3, -0.25) is 14.7 Å². The number of nitrogens with two attached hydrogens (primary N) is 1. The number of H-pyrrole nitrogens is 1. The predicted molar refractivity (Wildman–Crippen MR) is 151 cm³/mol. The molecule has 0 bridgehead atoms. The van der Waals surface area contributed by atoms with Crippen LogP contribution < -0.4 is 26.4 Å². The first kappa shape index (κ1) is 26.3. The van der Waals surface area contributed by atoms with Gasteiger partial charge in [0.05, 0.1) is 24.2 Å². The smallest absolute Gasteiger partial charge is 0.269 e. The van der Waals surface area contributed by atoms with Gasteiger partial charge in [0.2, 0.25) is 5.91 Å². The minimum absolute atomic E-state index is 0.0681. The Morgan fingerprint density at radius 2 is 1.63 bits per heavy atom. The molecule has 0 radical (unpaired) electrons. The van der Waals surface area contributed by atoms with Crippen molar-refractivity contribution in [2.75, 3.05) is 30.0 Å². The van der Waals surface area contributed by atoms with Crippen molar-refractivity contribution >= 4 is 34.6 Å². The molecule has 9 nitrogen and oxygen atoms in total. The van der Waals surface area contributed by atoms with Crippen LogP contribution in [0.3, 0.4) is 0 Å². The highest BCUT2D eigenvalue weighted by Crippen LogP contribution is 2.24. The molecule has 0 fully saturated rings. The van der Waals surface area contributed by atoms with Gasteiger partial charge >= 0.3 is 0 Å². The molecule has 4 aromatic rings. The molecule has 3 aromatic carbocycles. The van der Waals surface area contributed by atoms with E-state index in [4.69, 9.17) is 10.5 Å². The molecule has 0 saturated carbocycles. The van der Waals surface area contributed by atoms with Crippen LogP contribution in [0.2, 0.25) is 0 Å². The summed E-state index contributed by atoms with van der Waals surface area (Å²) in [5.74, 6) is 0.527. The van der Waals surface area contributed by atoms with E-state index < -0.39 is 0 Å². The Bertz CT molecular complexity index is 1350. The third-order valence-corrected chi connectivity index (χ3v) is 5.98. The third kappa shape index (κ3) is 7.36. The Morgan fingerprint density at radius 3 is 2.34 bits per heavy atom. The number of amides is 2. The molecule has 0 aliphatic rings. The van der Waals surface area contributed by atoms with Crippen molar-refractivity contribution in [1.82, 2.24) is 15.5 Å². The number of aromatic amines is 1. The molecule has 38 heavy (non-hydrogen) atoms. The molecule has 1 aromatic heterocycles. The zero-order chi connectivity index (χ0) is 26.7. The second kappa shape index (κ2) is 13.0. The Labute approximate surface area is 221 Å². The van der Waals surface area contributed by atoms with Gasteiger partial charge in [-0.1, -0.05) is 30.7 Å². The third-order valence-electron chi connectivity index (χ3n) is 5.98. The van der Waals surface area contributed by atoms with E-state index in [0.29, 0.717) is 35.7 Å². The van der Waals surface area contributed by atoms with Gasteiger partial charge in [-0.05, 0) is 67.4 Å². The van der Waals surface area contributed by atoms with Crippen LogP contribution in [0.1, 0.15) is 36.2 Å². The van der Waals surface area contributed by atoms with Crippen molar-refractivity contribution in [2.45, 2.75) is 25.7 Å². The van der Waals surface area contributed by atoms with Crippen molar-refractivity contribution in [3.8, 4) is 17.0 Å². The number of hydrogen-bond acceptors (Lipinski definition) is 6. The Hall–Kier alpha value is -4.79. The number of rotatable bonds is 12. The molecular formula is C29H32N6O3. The highest BCUT2D eigenvalue weighted by atomic mass is 16.5. The van der Waals surface area contributed by atoms with Gasteiger partial charge in [0, 0.05) is 29.9 Å². The lowest BCUT2D eigenvalue weighted by Crippen LogP contribution is -2.24. The molecule has 2 amide bonds. The molecular weight excluding hydrogens is 480 g/mol. The summed E-state index contributed by atoms with van der Waals surface area (Å²) >= 11 is 0. The van der Waals surface area contributed by atoms with Gasteiger partial charge in [-0.15, -0.1) is 0 Å². The molecule has 0 atom stereocenters. The molecule has 0 saturated heterocycles. The number of ether oxygens (including phenoxy) is 1. The number of nitrogens with one attached hydrogen (secondary N) is 4. The summed E-state index contributed by atoms with van der Waals surface area (Å²) < 4.78 is 5.18. The Kier molecular flexibility index (Phi) is 8.96. The minimum atomic E-state index is -0.209. The maximum Gasteiger partial charge on any atom is 0.269 e. The first-order chi connectivity index (χ1) is 18.5. The van der Waals surface area contributed by atoms with Crippen molar-refractivity contribution in [1.29, 1.82) is 0 Å². The molecule has 1 heterocycles. The summed E-state index contributed by atoms with van der Waals surface area (Å²) in [4.78, 5) is 24.6. The first-order valence-corrected chi connectivity index (χ1v) is 12.5. The van der Waals surface area contributed by atoms with Crippen molar-refractivity contribution in [3.63, 3.8) is 0 Å². The summed E-state index contributed by atoms with van der Waals surface area (Å²) in [6.45, 7) is 0.520. The molecule has 196 valence electrons. The zero-order valence-electron chi connectivity index (χ0n) is 21.3. The SMILES string of the molecule is COc1ccc(Nc2ccc(-c3cc(C(=O)NCCCCCC(=O)Nc4ccccc4N)[nH]n3)cc2)cc1. The predicted octanol–water partition coefficient (Wildman–Crippen LogP) is 5.34. The number of anilines is 4. The molecule has 9 heteroatoms. The molecule has 0 aliphatic heterocycles. The second-order valence-electron chi connectivity index (χ2n) is 8.80. The van der Waals surface area contributed by atoms with Gasteiger partial charge in [0.25, 0.3) is 5.91 Å². The molecule has 0 spiro atoms. The average molecular weight is 513 g/mol. The second-order valence-corrected chi connectivity index (χ2v) is 8.80. The van der Waals surface area contributed by atoms with E-state index >= 15 is 0 Å². The fourth-order valence-electron chi connectivity index (χ4n) is 3.86. The number of nitrogen functional groups attached to an aromatic ring is 1. The monoisotopic (exact) mass is 512 g/mol. The number of unbranched alkanes of at least 4 members (excludes halogenated alkanes) is 2. The lowest BCUT2D eigenvalue weighted by molar-refractivity contribution is -0.116. The van der Waals surface area contributed by atoms with Crippen molar-refractivity contribution in [3.05, 3.63) is 84.6 Å². The average Bonchev–Trinajstić information content (AvgIpc) is 3.43. The van der Waals surface area contributed by atoms with E-state index in [2.05, 4.69) is 26.1 Å².